The van der Waals surface area contributed by atoms with Crippen LogP contribution in [0.5, 0.6) is 0 Å². The maximum Gasteiger partial charge on any atom is 0.294 e. The van der Waals surface area contributed by atoms with Crippen molar-refractivity contribution in [1.29, 1.82) is 0 Å². The van der Waals surface area contributed by atoms with Gasteiger partial charge in [-0.2, -0.15) is 0 Å². The first-order valence-corrected chi connectivity index (χ1v) is 10.5. The highest BCUT2D eigenvalue weighted by Crippen LogP contribution is 2.43. The second kappa shape index (κ2) is 7.90. The summed E-state index contributed by atoms with van der Waals surface area (Å²) in [6.07, 6.45) is 0. The molecule has 0 bridgehead atoms. The zero-order valence-electron chi connectivity index (χ0n) is 17.4. The van der Waals surface area contributed by atoms with E-state index in [1.165, 1.54) is 35.2 Å². The molecule has 1 aliphatic heterocycles. The highest BCUT2D eigenvalue weighted by Gasteiger charge is 2.45. The van der Waals surface area contributed by atoms with Gasteiger partial charge in [-0.3, -0.25) is 14.5 Å². The number of aryl methyl sites for hydroxylation is 1. The van der Waals surface area contributed by atoms with E-state index < -0.39 is 29.3 Å². The zero-order chi connectivity index (χ0) is 23.3. The first-order valence-electron chi connectivity index (χ1n) is 10.2. The van der Waals surface area contributed by atoms with Crippen LogP contribution in [-0.4, -0.2) is 16.8 Å². The van der Waals surface area contributed by atoms with Crippen molar-refractivity contribution in [2.24, 2.45) is 0 Å². The van der Waals surface area contributed by atoms with Crippen molar-refractivity contribution in [2.45, 2.75) is 13.0 Å². The quantitative estimate of drug-likeness (QED) is 0.361. The molecular formula is C26H17ClFNO4. The van der Waals surface area contributed by atoms with Crippen molar-refractivity contribution in [3.63, 3.8) is 0 Å². The molecule has 2 heterocycles. The lowest BCUT2D eigenvalue weighted by Gasteiger charge is -2.28. The SMILES string of the molecule is Cc1ccccc1N1C(=O)C(O)=C(C(=O)c2cc3cc(Cl)ccc3o2)C1c1ccc(F)cc1. The number of benzene rings is 3. The summed E-state index contributed by atoms with van der Waals surface area (Å²) in [6.45, 7) is 1.82. The van der Waals surface area contributed by atoms with Crippen molar-refractivity contribution in [3.8, 4) is 0 Å². The van der Waals surface area contributed by atoms with Crippen LogP contribution in [0.15, 0.2) is 88.5 Å². The minimum atomic E-state index is -0.969. The number of amides is 1. The van der Waals surface area contributed by atoms with E-state index in [-0.39, 0.29) is 11.3 Å². The topological polar surface area (TPSA) is 70.8 Å². The largest absolute Gasteiger partial charge is 0.503 e. The Morgan fingerprint density at radius 3 is 2.52 bits per heavy atom. The van der Waals surface area contributed by atoms with Gasteiger partial charge in [0.25, 0.3) is 5.91 Å². The lowest BCUT2D eigenvalue weighted by Crippen LogP contribution is -2.31. The molecule has 7 heteroatoms. The third-order valence-corrected chi connectivity index (χ3v) is 5.95. The van der Waals surface area contributed by atoms with Gasteiger partial charge in [0.2, 0.25) is 5.78 Å². The van der Waals surface area contributed by atoms with Gasteiger partial charge in [-0.05, 0) is 60.5 Å². The summed E-state index contributed by atoms with van der Waals surface area (Å²) in [5.74, 6) is -2.53. The number of furan rings is 1. The Balaban J connectivity index is 1.67. The number of anilines is 1. The number of hydrogen-bond acceptors (Lipinski definition) is 4. The minimum Gasteiger partial charge on any atom is -0.503 e. The van der Waals surface area contributed by atoms with Gasteiger partial charge in [-0.15, -0.1) is 0 Å². The number of para-hydroxylation sites is 1. The number of ketones is 1. The lowest BCUT2D eigenvalue weighted by atomic mass is 9.94. The van der Waals surface area contributed by atoms with E-state index in [0.29, 0.717) is 27.2 Å². The van der Waals surface area contributed by atoms with Gasteiger partial charge in [0.05, 0.1) is 11.6 Å². The van der Waals surface area contributed by atoms with Gasteiger partial charge in [-0.1, -0.05) is 41.9 Å². The molecular weight excluding hydrogens is 445 g/mol. The maximum absolute atomic E-state index is 13.6. The van der Waals surface area contributed by atoms with E-state index in [1.54, 1.807) is 30.3 Å². The molecule has 1 aromatic heterocycles. The number of carbonyl (C=O) groups is 2. The van der Waals surface area contributed by atoms with Crippen LogP contribution in [0, 0.1) is 12.7 Å². The van der Waals surface area contributed by atoms with E-state index in [9.17, 15) is 19.1 Å². The van der Waals surface area contributed by atoms with Gasteiger partial charge < -0.3 is 9.52 Å². The number of fused-ring (bicyclic) bond motifs is 1. The molecule has 0 saturated heterocycles. The Hall–Kier alpha value is -3.90. The van der Waals surface area contributed by atoms with E-state index in [0.717, 1.165) is 5.56 Å². The van der Waals surface area contributed by atoms with Crippen LogP contribution in [0.4, 0.5) is 10.1 Å². The van der Waals surface area contributed by atoms with Gasteiger partial charge in [0, 0.05) is 16.1 Å². The molecule has 1 amide bonds. The maximum atomic E-state index is 13.6. The molecule has 164 valence electrons. The predicted octanol–water partition coefficient (Wildman–Crippen LogP) is 6.32. The first-order chi connectivity index (χ1) is 15.8. The van der Waals surface area contributed by atoms with Gasteiger partial charge in [0.1, 0.15) is 11.4 Å². The van der Waals surface area contributed by atoms with Gasteiger partial charge in [0.15, 0.2) is 11.5 Å². The summed E-state index contributed by atoms with van der Waals surface area (Å²) >= 11 is 6.04. The van der Waals surface area contributed by atoms with Crippen molar-refractivity contribution in [3.05, 3.63) is 112 Å². The summed E-state index contributed by atoms with van der Waals surface area (Å²) in [7, 11) is 0. The Morgan fingerprint density at radius 2 is 1.79 bits per heavy atom. The molecule has 0 spiro atoms. The van der Waals surface area contributed by atoms with Crippen molar-refractivity contribution in [2.75, 3.05) is 4.90 Å². The molecule has 33 heavy (non-hydrogen) atoms. The number of carbonyl (C=O) groups excluding carboxylic acids is 2. The number of hydrogen-bond donors (Lipinski definition) is 1. The number of rotatable bonds is 4. The van der Waals surface area contributed by atoms with Crippen LogP contribution >= 0.6 is 11.6 Å². The van der Waals surface area contributed by atoms with Crippen molar-refractivity contribution < 1.29 is 23.5 Å². The summed E-state index contributed by atoms with van der Waals surface area (Å²) in [5.41, 5.74) is 2.08. The molecule has 0 fully saturated rings. The van der Waals surface area contributed by atoms with Crippen LogP contribution in [0.2, 0.25) is 5.02 Å². The third-order valence-electron chi connectivity index (χ3n) is 5.72. The molecule has 0 radical (unpaired) electrons. The van der Waals surface area contributed by atoms with E-state index in [1.807, 2.05) is 19.1 Å². The second-order valence-electron chi connectivity index (χ2n) is 7.80. The Kier molecular flexibility index (Phi) is 5.02. The van der Waals surface area contributed by atoms with Crippen LogP contribution < -0.4 is 4.90 Å². The Bertz CT molecular complexity index is 1450. The summed E-state index contributed by atoms with van der Waals surface area (Å²) in [4.78, 5) is 28.1. The van der Waals surface area contributed by atoms with E-state index >= 15 is 0 Å². The minimum absolute atomic E-state index is 0.0413. The van der Waals surface area contributed by atoms with Crippen LogP contribution in [-0.2, 0) is 4.79 Å². The van der Waals surface area contributed by atoms with Crippen molar-refractivity contribution >= 4 is 39.9 Å². The Morgan fingerprint density at radius 1 is 1.06 bits per heavy atom. The molecule has 4 aromatic rings. The Labute approximate surface area is 193 Å². The predicted molar refractivity (Wildman–Crippen MR) is 123 cm³/mol. The highest BCUT2D eigenvalue weighted by molar-refractivity contribution is 6.31. The summed E-state index contributed by atoms with van der Waals surface area (Å²) in [5, 5.41) is 11.9. The fourth-order valence-electron chi connectivity index (χ4n) is 4.14. The standard InChI is InChI=1S/C26H17ClFNO4/c1-14-4-2-3-5-19(14)29-23(15-6-9-18(28)10-7-15)22(25(31)26(29)32)24(30)21-13-16-12-17(27)8-11-20(16)33-21/h2-13,23,31H,1H3. The fourth-order valence-corrected chi connectivity index (χ4v) is 4.32. The molecule has 3 aromatic carbocycles. The number of aliphatic hydroxyl groups excluding tert-OH is 1. The van der Waals surface area contributed by atoms with Crippen molar-refractivity contribution in [1.82, 2.24) is 0 Å². The third kappa shape index (κ3) is 3.49. The molecule has 0 aliphatic carbocycles. The summed E-state index contributed by atoms with van der Waals surface area (Å²) < 4.78 is 19.4. The van der Waals surface area contributed by atoms with Crippen LogP contribution in [0.1, 0.15) is 27.7 Å². The average molecular weight is 462 g/mol. The smallest absolute Gasteiger partial charge is 0.294 e. The summed E-state index contributed by atoms with van der Waals surface area (Å²) in [6, 6.07) is 18.1. The first kappa shape index (κ1) is 21.0. The number of nitrogens with zero attached hydrogens (tertiary/aromatic N) is 1. The monoisotopic (exact) mass is 461 g/mol. The molecule has 5 rings (SSSR count). The molecule has 1 unspecified atom stereocenters. The molecule has 1 aliphatic rings. The van der Waals surface area contributed by atoms with E-state index in [2.05, 4.69) is 0 Å². The molecule has 1 N–H and O–H groups in total. The molecule has 1 atom stereocenters. The number of aliphatic hydroxyl groups is 1. The van der Waals surface area contributed by atoms with Gasteiger partial charge >= 0.3 is 0 Å². The van der Waals surface area contributed by atoms with E-state index in [4.69, 9.17) is 16.0 Å². The zero-order valence-corrected chi connectivity index (χ0v) is 18.1. The normalized spacial score (nSPS) is 16.2. The fraction of sp³-hybridized carbons (Fsp3) is 0.0769. The second-order valence-corrected chi connectivity index (χ2v) is 8.24. The lowest BCUT2D eigenvalue weighted by molar-refractivity contribution is -0.117. The number of Topliss-reactive ketones (excluding diaryl/α,β-unsaturated/α-hetero) is 1. The number of halogens is 2. The van der Waals surface area contributed by atoms with Crippen LogP contribution in [0.3, 0.4) is 0 Å². The molecule has 0 saturated carbocycles. The highest BCUT2D eigenvalue weighted by atomic mass is 35.5. The van der Waals surface area contributed by atoms with Gasteiger partial charge in [-0.25, -0.2) is 4.39 Å². The van der Waals surface area contributed by atoms with Crippen LogP contribution in [0.25, 0.3) is 11.0 Å². The average Bonchev–Trinajstić information content (AvgIpc) is 3.33. The molecule has 5 nitrogen and oxygen atoms in total.